The minimum absolute atomic E-state index is 0.294. The third-order valence-electron chi connectivity index (χ3n) is 4.43. The molecule has 2 N–H and O–H groups in total. The number of hydrogen-bond donors (Lipinski definition) is 2. The number of ether oxygens (including phenoxy) is 2. The summed E-state index contributed by atoms with van der Waals surface area (Å²) >= 11 is 1.24. The summed E-state index contributed by atoms with van der Waals surface area (Å²) in [7, 11) is -1.14. The number of benzene rings is 2. The van der Waals surface area contributed by atoms with Gasteiger partial charge in [-0.15, -0.1) is 0 Å². The molecule has 3 aromatic rings. The van der Waals surface area contributed by atoms with Crippen LogP contribution in [0.4, 0.5) is 10.8 Å². The van der Waals surface area contributed by atoms with Gasteiger partial charge in [-0.1, -0.05) is 23.5 Å². The Morgan fingerprint density at radius 3 is 2.45 bits per heavy atom. The predicted octanol–water partition coefficient (Wildman–Crippen LogP) is 2.69. The van der Waals surface area contributed by atoms with Gasteiger partial charge in [0.2, 0.25) is 11.8 Å². The number of nitrogens with one attached hydrogen (secondary N) is 2. The van der Waals surface area contributed by atoms with Crippen molar-refractivity contribution in [1.29, 1.82) is 0 Å². The molecule has 0 bridgehead atoms. The number of sulfone groups is 1. The van der Waals surface area contributed by atoms with E-state index in [-0.39, 0.29) is 0 Å². The summed E-state index contributed by atoms with van der Waals surface area (Å²) in [5, 5.41) is 3.86. The summed E-state index contributed by atoms with van der Waals surface area (Å²) in [4.78, 5) is 29.0. The Morgan fingerprint density at radius 1 is 1.06 bits per heavy atom. The molecule has 9 nitrogen and oxygen atoms in total. The van der Waals surface area contributed by atoms with Crippen LogP contribution in [0.15, 0.2) is 42.5 Å². The molecule has 3 rings (SSSR count). The first-order chi connectivity index (χ1) is 14.7. The average molecular weight is 464 g/mol. The van der Waals surface area contributed by atoms with Crippen LogP contribution in [0.5, 0.6) is 11.5 Å². The summed E-state index contributed by atoms with van der Waals surface area (Å²) in [6.45, 7) is 1.24. The number of para-hydroxylation sites is 1. The van der Waals surface area contributed by atoms with Crippen molar-refractivity contribution in [3.05, 3.63) is 42.5 Å². The Balaban J connectivity index is 1.64. The number of thiazole rings is 1. The van der Waals surface area contributed by atoms with Gasteiger partial charge in [0.1, 0.15) is 11.0 Å². The van der Waals surface area contributed by atoms with Crippen LogP contribution in [0.2, 0.25) is 0 Å². The molecule has 1 unspecified atom stereocenters. The predicted molar refractivity (Wildman–Crippen MR) is 120 cm³/mol. The summed E-state index contributed by atoms with van der Waals surface area (Å²) in [5.41, 5.74) is 1.04. The third-order valence-corrected chi connectivity index (χ3v) is 7.34. The van der Waals surface area contributed by atoms with Gasteiger partial charge in [0.15, 0.2) is 26.5 Å². The topological polar surface area (TPSA) is 124 Å². The molecule has 2 amide bonds. The lowest BCUT2D eigenvalue weighted by molar-refractivity contribution is -0.115. The van der Waals surface area contributed by atoms with Gasteiger partial charge in [-0.25, -0.2) is 13.4 Å². The van der Waals surface area contributed by atoms with Crippen LogP contribution in [0, 0.1) is 0 Å². The first-order valence-electron chi connectivity index (χ1n) is 9.13. The Kier molecular flexibility index (Phi) is 6.76. The zero-order valence-corrected chi connectivity index (χ0v) is 18.7. The monoisotopic (exact) mass is 463 g/mol. The fraction of sp³-hybridized carbons (Fsp3) is 0.250. The maximum Gasteiger partial charge on any atom is 0.244 e. The van der Waals surface area contributed by atoms with Crippen LogP contribution in [0.3, 0.4) is 0 Å². The Hall–Kier alpha value is -3.18. The highest BCUT2D eigenvalue weighted by Gasteiger charge is 2.31. The zero-order chi connectivity index (χ0) is 22.6. The summed E-state index contributed by atoms with van der Waals surface area (Å²) < 4.78 is 36.3. The molecular formula is C20H21N3O6S2. The van der Waals surface area contributed by atoms with Crippen molar-refractivity contribution in [2.75, 3.05) is 30.6 Å². The SMILES string of the molecule is COc1ccc(NC(=O)CS(=O)(=O)C(C)C(=O)Nc2nc3ccccc3s2)cc1OC. The average Bonchev–Trinajstić information content (AvgIpc) is 3.14. The maximum atomic E-state index is 12.6. The van der Waals surface area contributed by atoms with Crippen molar-refractivity contribution < 1.29 is 27.5 Å². The van der Waals surface area contributed by atoms with Gasteiger partial charge >= 0.3 is 0 Å². The van der Waals surface area contributed by atoms with E-state index in [4.69, 9.17) is 9.47 Å². The van der Waals surface area contributed by atoms with Crippen molar-refractivity contribution >= 4 is 54.0 Å². The fourth-order valence-corrected chi connectivity index (χ4v) is 4.66. The van der Waals surface area contributed by atoms with Crippen molar-refractivity contribution in [2.45, 2.75) is 12.2 Å². The van der Waals surface area contributed by atoms with Crippen molar-refractivity contribution in [1.82, 2.24) is 4.98 Å². The van der Waals surface area contributed by atoms with E-state index in [2.05, 4.69) is 15.6 Å². The number of carbonyl (C=O) groups is 2. The first kappa shape index (κ1) is 22.5. The lowest BCUT2D eigenvalue weighted by Gasteiger charge is -2.13. The van der Waals surface area contributed by atoms with E-state index >= 15 is 0 Å². The minimum Gasteiger partial charge on any atom is -0.493 e. The smallest absolute Gasteiger partial charge is 0.244 e. The van der Waals surface area contributed by atoms with Crippen LogP contribution >= 0.6 is 11.3 Å². The number of anilines is 2. The van der Waals surface area contributed by atoms with Crippen LogP contribution < -0.4 is 20.1 Å². The van der Waals surface area contributed by atoms with E-state index in [0.29, 0.717) is 27.8 Å². The molecule has 164 valence electrons. The molecule has 0 aliphatic heterocycles. The lowest BCUT2D eigenvalue weighted by atomic mass is 10.2. The minimum atomic E-state index is -4.06. The highest BCUT2D eigenvalue weighted by molar-refractivity contribution is 7.93. The van der Waals surface area contributed by atoms with E-state index in [0.717, 1.165) is 4.70 Å². The van der Waals surface area contributed by atoms with Gasteiger partial charge in [0.25, 0.3) is 0 Å². The molecule has 1 atom stereocenters. The number of nitrogens with zero attached hydrogens (tertiary/aromatic N) is 1. The van der Waals surface area contributed by atoms with Gasteiger partial charge in [-0.05, 0) is 31.2 Å². The van der Waals surface area contributed by atoms with E-state index in [1.807, 2.05) is 18.2 Å². The standard InChI is InChI=1S/C20H21N3O6S2/c1-12(19(25)23-20-22-14-6-4-5-7-17(14)30-20)31(26,27)11-18(24)21-13-8-9-15(28-2)16(10-13)29-3/h4-10,12H,11H2,1-3H3,(H,21,24)(H,22,23,25). The molecule has 1 heterocycles. The van der Waals surface area contributed by atoms with Gasteiger partial charge in [0, 0.05) is 11.8 Å². The molecule has 0 aliphatic rings. The van der Waals surface area contributed by atoms with Gasteiger partial charge in [-0.3, -0.25) is 9.59 Å². The number of aromatic nitrogens is 1. The number of carbonyl (C=O) groups excluding carboxylic acids is 2. The van der Waals surface area contributed by atoms with Gasteiger partial charge < -0.3 is 20.1 Å². The number of fused-ring (bicyclic) bond motifs is 1. The Bertz CT molecular complexity index is 1190. The highest BCUT2D eigenvalue weighted by Crippen LogP contribution is 2.30. The summed E-state index contributed by atoms with van der Waals surface area (Å²) in [6.07, 6.45) is 0. The molecule has 2 aromatic carbocycles. The quantitative estimate of drug-likeness (QED) is 0.526. The molecule has 0 saturated heterocycles. The zero-order valence-electron chi connectivity index (χ0n) is 17.0. The van der Waals surface area contributed by atoms with Crippen molar-refractivity contribution in [2.24, 2.45) is 0 Å². The van der Waals surface area contributed by atoms with E-state index in [1.54, 1.807) is 18.2 Å². The number of amides is 2. The Labute approximate surface area is 183 Å². The van der Waals surface area contributed by atoms with Crippen molar-refractivity contribution in [3.63, 3.8) is 0 Å². The van der Waals surface area contributed by atoms with Gasteiger partial charge in [-0.2, -0.15) is 0 Å². The summed E-state index contributed by atoms with van der Waals surface area (Å²) in [6, 6.07) is 11.9. The van der Waals surface area contributed by atoms with E-state index in [1.165, 1.54) is 38.5 Å². The van der Waals surface area contributed by atoms with Crippen molar-refractivity contribution in [3.8, 4) is 11.5 Å². The third kappa shape index (κ3) is 5.30. The largest absolute Gasteiger partial charge is 0.493 e. The molecule has 0 aliphatic carbocycles. The molecule has 31 heavy (non-hydrogen) atoms. The molecule has 0 saturated carbocycles. The van der Waals surface area contributed by atoms with Crippen LogP contribution in [0.25, 0.3) is 10.2 Å². The second kappa shape index (κ2) is 9.31. The highest BCUT2D eigenvalue weighted by atomic mass is 32.2. The molecule has 0 radical (unpaired) electrons. The normalized spacial score (nSPS) is 12.2. The summed E-state index contributed by atoms with van der Waals surface area (Å²) in [5.74, 6) is -1.53. The van der Waals surface area contributed by atoms with E-state index in [9.17, 15) is 18.0 Å². The van der Waals surface area contributed by atoms with Gasteiger partial charge in [0.05, 0.1) is 24.4 Å². The molecule has 1 aromatic heterocycles. The van der Waals surface area contributed by atoms with Crippen LogP contribution in [-0.2, 0) is 19.4 Å². The molecule has 11 heteroatoms. The lowest BCUT2D eigenvalue weighted by Crippen LogP contribution is -2.37. The fourth-order valence-electron chi connectivity index (χ4n) is 2.71. The first-order valence-corrected chi connectivity index (χ1v) is 11.7. The Morgan fingerprint density at radius 2 is 1.77 bits per heavy atom. The second-order valence-electron chi connectivity index (χ2n) is 6.54. The second-order valence-corrected chi connectivity index (χ2v) is 9.90. The number of rotatable bonds is 8. The van der Waals surface area contributed by atoms with E-state index < -0.39 is 32.7 Å². The molecule has 0 spiro atoms. The number of hydrogen-bond acceptors (Lipinski definition) is 8. The van der Waals surface area contributed by atoms with Crippen LogP contribution in [0.1, 0.15) is 6.92 Å². The molecular weight excluding hydrogens is 442 g/mol. The van der Waals surface area contributed by atoms with Crippen LogP contribution in [-0.4, -0.2) is 50.4 Å². The number of methoxy groups -OCH3 is 2. The molecule has 0 fully saturated rings. The maximum absolute atomic E-state index is 12.6.